The van der Waals surface area contributed by atoms with Crippen LogP contribution in [-0.2, 0) is 17.9 Å². The largest absolute Gasteiger partial charge is 0.345 e. The standard InChI is InChI=1S/C20H18Cl3N5O2S/c1-2-28-17(10-24-19(30)12-3-8-15(22)16(23)9-12)26-27-20(28)31-11-18(29)25-14-6-4-13(21)5-7-14/h3-9H,2,10-11H2,1H3,(H,24,30)(H,25,29). The second-order valence-electron chi connectivity index (χ2n) is 6.30. The molecule has 0 spiro atoms. The van der Waals surface area contributed by atoms with Gasteiger partial charge in [0.2, 0.25) is 5.91 Å². The average Bonchev–Trinajstić information content (AvgIpc) is 3.16. The highest BCUT2D eigenvalue weighted by Crippen LogP contribution is 2.23. The van der Waals surface area contributed by atoms with Gasteiger partial charge < -0.3 is 15.2 Å². The number of amides is 2. The number of halogens is 3. The summed E-state index contributed by atoms with van der Waals surface area (Å²) in [4.78, 5) is 24.6. The van der Waals surface area contributed by atoms with Crippen molar-refractivity contribution < 1.29 is 9.59 Å². The summed E-state index contributed by atoms with van der Waals surface area (Å²) in [5, 5.41) is 15.7. The summed E-state index contributed by atoms with van der Waals surface area (Å²) < 4.78 is 1.84. The van der Waals surface area contributed by atoms with E-state index in [0.29, 0.717) is 43.8 Å². The van der Waals surface area contributed by atoms with Crippen LogP contribution in [0.5, 0.6) is 0 Å². The third kappa shape index (κ3) is 6.36. The van der Waals surface area contributed by atoms with Gasteiger partial charge in [0.15, 0.2) is 11.0 Å². The zero-order valence-electron chi connectivity index (χ0n) is 16.4. The van der Waals surface area contributed by atoms with E-state index in [1.165, 1.54) is 17.8 Å². The molecule has 1 aromatic heterocycles. The Bertz CT molecular complexity index is 1090. The second-order valence-corrected chi connectivity index (χ2v) is 8.49. The van der Waals surface area contributed by atoms with Crippen LogP contribution in [0.15, 0.2) is 47.6 Å². The quantitative estimate of drug-likeness (QED) is 0.430. The summed E-state index contributed by atoms with van der Waals surface area (Å²) in [5.74, 6) is 0.265. The maximum atomic E-state index is 12.4. The van der Waals surface area contributed by atoms with Crippen molar-refractivity contribution in [1.29, 1.82) is 0 Å². The maximum absolute atomic E-state index is 12.4. The summed E-state index contributed by atoms with van der Waals surface area (Å²) in [6, 6.07) is 11.5. The van der Waals surface area contributed by atoms with Crippen molar-refractivity contribution in [3.8, 4) is 0 Å². The van der Waals surface area contributed by atoms with Crippen LogP contribution in [0, 0.1) is 0 Å². The number of hydrogen-bond acceptors (Lipinski definition) is 5. The highest BCUT2D eigenvalue weighted by atomic mass is 35.5. The average molecular weight is 499 g/mol. The number of benzene rings is 2. The Balaban J connectivity index is 1.57. The van der Waals surface area contributed by atoms with Crippen molar-refractivity contribution in [2.45, 2.75) is 25.2 Å². The van der Waals surface area contributed by atoms with E-state index < -0.39 is 0 Å². The van der Waals surface area contributed by atoms with Gasteiger partial charge in [-0.15, -0.1) is 10.2 Å². The second kappa shape index (κ2) is 10.9. The number of rotatable bonds is 8. The highest BCUT2D eigenvalue weighted by Gasteiger charge is 2.15. The van der Waals surface area contributed by atoms with Gasteiger partial charge in [-0.05, 0) is 49.4 Å². The van der Waals surface area contributed by atoms with Crippen LogP contribution in [0.1, 0.15) is 23.1 Å². The first-order chi connectivity index (χ1) is 14.9. The molecule has 0 saturated heterocycles. The van der Waals surface area contributed by atoms with Gasteiger partial charge in [-0.25, -0.2) is 0 Å². The van der Waals surface area contributed by atoms with E-state index in [0.717, 1.165) is 0 Å². The minimum atomic E-state index is -0.305. The number of carbonyl (C=O) groups is 2. The Labute approximate surface area is 198 Å². The highest BCUT2D eigenvalue weighted by molar-refractivity contribution is 7.99. The van der Waals surface area contributed by atoms with Gasteiger partial charge in [0.05, 0.1) is 22.3 Å². The molecule has 0 fully saturated rings. The number of nitrogens with zero attached hydrogens (tertiary/aromatic N) is 3. The van der Waals surface area contributed by atoms with E-state index in [4.69, 9.17) is 34.8 Å². The summed E-state index contributed by atoms with van der Waals surface area (Å²) in [7, 11) is 0. The van der Waals surface area contributed by atoms with Crippen molar-refractivity contribution in [1.82, 2.24) is 20.1 Å². The van der Waals surface area contributed by atoms with Gasteiger partial charge in [-0.1, -0.05) is 46.6 Å². The van der Waals surface area contributed by atoms with Crippen LogP contribution in [-0.4, -0.2) is 32.3 Å². The van der Waals surface area contributed by atoms with E-state index in [-0.39, 0.29) is 24.1 Å². The molecule has 2 aromatic carbocycles. The van der Waals surface area contributed by atoms with E-state index in [1.807, 2.05) is 11.5 Å². The van der Waals surface area contributed by atoms with Crippen LogP contribution in [0.25, 0.3) is 0 Å². The summed E-state index contributed by atoms with van der Waals surface area (Å²) >= 11 is 19.0. The fourth-order valence-electron chi connectivity index (χ4n) is 2.63. The first kappa shape index (κ1) is 23.4. The lowest BCUT2D eigenvalue weighted by atomic mass is 10.2. The number of carbonyl (C=O) groups excluding carboxylic acids is 2. The minimum Gasteiger partial charge on any atom is -0.345 e. The molecule has 0 unspecified atom stereocenters. The molecular formula is C20H18Cl3N5O2S. The molecule has 0 bridgehead atoms. The van der Waals surface area contributed by atoms with Crippen LogP contribution in [0.3, 0.4) is 0 Å². The van der Waals surface area contributed by atoms with Gasteiger partial charge in [0.1, 0.15) is 0 Å². The summed E-state index contributed by atoms with van der Waals surface area (Å²) in [6.45, 7) is 2.70. The Morgan fingerprint density at radius 2 is 1.77 bits per heavy atom. The van der Waals surface area contributed by atoms with Crippen molar-refractivity contribution >= 4 is 64.1 Å². The lowest BCUT2D eigenvalue weighted by molar-refractivity contribution is -0.113. The van der Waals surface area contributed by atoms with Gasteiger partial charge >= 0.3 is 0 Å². The van der Waals surface area contributed by atoms with Crippen LogP contribution in [0.4, 0.5) is 5.69 Å². The molecule has 3 rings (SSSR count). The Morgan fingerprint density at radius 3 is 2.45 bits per heavy atom. The normalized spacial score (nSPS) is 10.7. The molecule has 0 radical (unpaired) electrons. The van der Waals surface area contributed by atoms with E-state index in [1.54, 1.807) is 36.4 Å². The molecule has 162 valence electrons. The lowest BCUT2D eigenvalue weighted by Gasteiger charge is -2.09. The Kier molecular flexibility index (Phi) is 8.20. The van der Waals surface area contributed by atoms with Gasteiger partial charge in [-0.3, -0.25) is 9.59 Å². The predicted molar refractivity (Wildman–Crippen MR) is 124 cm³/mol. The molecule has 0 saturated carbocycles. The van der Waals surface area contributed by atoms with Gasteiger partial charge in [0, 0.05) is 22.8 Å². The zero-order valence-corrected chi connectivity index (χ0v) is 19.4. The SMILES string of the molecule is CCn1c(CNC(=O)c2ccc(Cl)c(Cl)c2)nnc1SCC(=O)Nc1ccc(Cl)cc1. The molecule has 7 nitrogen and oxygen atoms in total. The van der Waals surface area contributed by atoms with Gasteiger partial charge in [-0.2, -0.15) is 0 Å². The smallest absolute Gasteiger partial charge is 0.251 e. The summed E-state index contributed by atoms with van der Waals surface area (Å²) in [5.41, 5.74) is 1.06. The Morgan fingerprint density at radius 1 is 1.03 bits per heavy atom. The molecule has 31 heavy (non-hydrogen) atoms. The molecule has 0 aliphatic rings. The first-order valence-corrected chi connectivity index (χ1v) is 11.3. The molecule has 1 heterocycles. The van der Waals surface area contributed by atoms with Crippen molar-refractivity contribution in [3.05, 3.63) is 68.9 Å². The fourth-order valence-corrected chi connectivity index (χ4v) is 3.88. The lowest BCUT2D eigenvalue weighted by Crippen LogP contribution is -2.24. The molecule has 0 aliphatic carbocycles. The summed E-state index contributed by atoms with van der Waals surface area (Å²) in [6.07, 6.45) is 0. The van der Waals surface area contributed by atoms with E-state index >= 15 is 0 Å². The molecule has 0 aliphatic heterocycles. The monoisotopic (exact) mass is 497 g/mol. The minimum absolute atomic E-state index is 0.163. The Hall–Kier alpha value is -2.26. The van der Waals surface area contributed by atoms with Crippen LogP contribution < -0.4 is 10.6 Å². The fraction of sp³-hybridized carbons (Fsp3) is 0.200. The van der Waals surface area contributed by atoms with Crippen molar-refractivity contribution in [2.75, 3.05) is 11.1 Å². The molecular weight excluding hydrogens is 481 g/mol. The molecule has 2 amide bonds. The molecule has 3 aromatic rings. The van der Waals surface area contributed by atoms with Crippen molar-refractivity contribution in [2.24, 2.45) is 0 Å². The zero-order chi connectivity index (χ0) is 22.4. The molecule has 0 atom stereocenters. The number of aromatic nitrogens is 3. The third-order valence-corrected chi connectivity index (χ3v) is 6.12. The number of anilines is 1. The third-order valence-electron chi connectivity index (χ3n) is 4.16. The van der Waals surface area contributed by atoms with Crippen LogP contribution in [0.2, 0.25) is 15.1 Å². The van der Waals surface area contributed by atoms with E-state index in [2.05, 4.69) is 20.8 Å². The molecule has 11 heteroatoms. The first-order valence-electron chi connectivity index (χ1n) is 9.21. The number of nitrogens with one attached hydrogen (secondary N) is 2. The van der Waals surface area contributed by atoms with Crippen LogP contribution >= 0.6 is 46.6 Å². The molecule has 2 N–H and O–H groups in total. The number of thioether (sulfide) groups is 1. The van der Waals surface area contributed by atoms with Crippen molar-refractivity contribution in [3.63, 3.8) is 0 Å². The topological polar surface area (TPSA) is 88.9 Å². The number of hydrogen-bond donors (Lipinski definition) is 2. The van der Waals surface area contributed by atoms with E-state index in [9.17, 15) is 9.59 Å². The predicted octanol–water partition coefficient (Wildman–Crippen LogP) is 4.92. The maximum Gasteiger partial charge on any atom is 0.251 e. The van der Waals surface area contributed by atoms with Gasteiger partial charge in [0.25, 0.3) is 5.91 Å².